The lowest BCUT2D eigenvalue weighted by Crippen LogP contribution is -2.33. The summed E-state index contributed by atoms with van der Waals surface area (Å²) >= 11 is 0. The maximum Gasteiger partial charge on any atom is 0.104 e. The van der Waals surface area contributed by atoms with Gasteiger partial charge in [-0.05, 0) is 0 Å². The molecule has 1 rings (SSSR count). The number of hydrogen-bond acceptors (Lipinski definition) is 0. The maximum atomic E-state index is 2.20. The molecule has 0 bridgehead atoms. The van der Waals surface area contributed by atoms with Crippen molar-refractivity contribution in [2.75, 3.05) is 21.1 Å². The van der Waals surface area contributed by atoms with Crippen LogP contribution in [0.5, 0.6) is 0 Å². The number of benzene rings is 1. The van der Waals surface area contributed by atoms with Crippen molar-refractivity contribution in [3.63, 3.8) is 0 Å². The van der Waals surface area contributed by atoms with Crippen molar-refractivity contribution in [3.8, 4) is 0 Å². The van der Waals surface area contributed by atoms with E-state index in [0.717, 1.165) is 11.0 Å². The summed E-state index contributed by atoms with van der Waals surface area (Å²) in [7, 11) is 6.60. The van der Waals surface area contributed by atoms with E-state index in [-0.39, 0.29) is 84.9 Å². The van der Waals surface area contributed by atoms with Gasteiger partial charge in [0.05, 0.1) is 21.1 Å². The van der Waals surface area contributed by atoms with Crippen LogP contribution in [-0.2, 0) is 6.54 Å². The van der Waals surface area contributed by atoms with E-state index in [2.05, 4.69) is 51.5 Å². The van der Waals surface area contributed by atoms with E-state index in [1.165, 1.54) is 5.56 Å². The second-order valence-electron chi connectivity index (χ2n) is 3.93. The number of quaternary nitrogens is 1. The van der Waals surface area contributed by atoms with E-state index >= 15 is 0 Å². The molecule has 0 radical (unpaired) electrons. The predicted octanol–water partition coefficient (Wildman–Crippen LogP) is 4.78. The molecule has 0 spiro atoms. The molecule has 1 nitrogen and oxygen atoms in total. The molecule has 0 fully saturated rings. The van der Waals surface area contributed by atoms with E-state index in [1.54, 1.807) is 0 Å². The summed E-state index contributed by atoms with van der Waals surface area (Å²) in [4.78, 5) is 0. The second kappa shape index (κ2) is 14.6. The highest BCUT2D eigenvalue weighted by Crippen LogP contribution is 2.04. The molecule has 0 aliphatic rings. The Hall–Kier alpha value is 1.58. The normalized spacial score (nSPS) is 7.94. The number of halogens is 5. The van der Waals surface area contributed by atoms with Gasteiger partial charge in [-0.15, -0.1) is 84.9 Å². The van der Waals surface area contributed by atoms with Gasteiger partial charge >= 0.3 is 0 Å². The quantitative estimate of drug-likeness (QED) is 0.462. The zero-order valence-corrected chi connectivity index (χ0v) is 18.1. The van der Waals surface area contributed by atoms with Crippen LogP contribution >= 0.6 is 84.9 Å². The van der Waals surface area contributed by atoms with Gasteiger partial charge in [0.25, 0.3) is 0 Å². The molecule has 0 atom stereocenters. The van der Waals surface area contributed by atoms with E-state index in [1.807, 2.05) is 0 Å². The van der Waals surface area contributed by atoms with E-state index in [9.17, 15) is 0 Å². The average Bonchev–Trinajstić information content (AvgIpc) is 1.85. The molecule has 0 aliphatic heterocycles. The van der Waals surface area contributed by atoms with Gasteiger partial charge in [0.2, 0.25) is 0 Å². The van der Waals surface area contributed by atoms with E-state index in [0.29, 0.717) is 0 Å². The Labute approximate surface area is 151 Å². The lowest BCUT2D eigenvalue weighted by Gasteiger charge is -2.23. The molecular weight excluding hydrogens is 534 g/mol. The van der Waals surface area contributed by atoms with Crippen molar-refractivity contribution in [2.45, 2.75) is 6.54 Å². The predicted molar refractivity (Wildman–Crippen MR) is 99.8 cm³/mol. The van der Waals surface area contributed by atoms with Gasteiger partial charge in [-0.25, -0.2) is 0 Å². The van der Waals surface area contributed by atoms with Crippen molar-refractivity contribution >= 4 is 84.9 Å². The molecule has 0 saturated heterocycles. The Morgan fingerprint density at radius 1 is 0.750 bits per heavy atom. The van der Waals surface area contributed by atoms with Crippen LogP contribution in [0.1, 0.15) is 5.56 Å². The van der Waals surface area contributed by atoms with Gasteiger partial charge in [0.1, 0.15) is 6.54 Å². The smallest absolute Gasteiger partial charge is 0.104 e. The van der Waals surface area contributed by atoms with Gasteiger partial charge in [-0.2, -0.15) is 0 Å². The van der Waals surface area contributed by atoms with Crippen molar-refractivity contribution in [1.82, 2.24) is 0 Å². The summed E-state index contributed by atoms with van der Waals surface area (Å²) < 4.78 is 0.990. The molecule has 0 amide bonds. The minimum Gasteiger partial charge on any atom is -0.327 e. The van der Waals surface area contributed by atoms with Crippen LogP contribution in [0.25, 0.3) is 0 Å². The summed E-state index contributed by atoms with van der Waals surface area (Å²) in [6.07, 6.45) is 0. The largest absolute Gasteiger partial charge is 0.327 e. The Bertz CT molecular complexity index is 222. The molecule has 0 N–H and O–H groups in total. The third kappa shape index (κ3) is 15.6. The van der Waals surface area contributed by atoms with Gasteiger partial charge < -0.3 is 4.48 Å². The van der Waals surface area contributed by atoms with Gasteiger partial charge in [-0.1, -0.05) is 30.3 Å². The van der Waals surface area contributed by atoms with Gasteiger partial charge in [0, 0.05) is 5.56 Å². The molecule has 16 heavy (non-hydrogen) atoms. The minimum absolute atomic E-state index is 0. The third-order valence-corrected chi connectivity index (χ3v) is 1.50. The zero-order valence-electron chi connectivity index (χ0n) is 9.58. The molecule has 0 saturated carbocycles. The average molecular weight is 555 g/mol. The third-order valence-electron chi connectivity index (χ3n) is 1.50. The van der Waals surface area contributed by atoms with Crippen molar-refractivity contribution in [2.24, 2.45) is 0 Å². The highest BCUT2D eigenvalue weighted by molar-refractivity contribution is 8.93. The number of rotatable bonds is 2. The Kier molecular flexibility index (Phi) is 27.9. The lowest BCUT2D eigenvalue weighted by molar-refractivity contribution is -0.884. The highest BCUT2D eigenvalue weighted by Gasteiger charge is 2.06. The Balaban J connectivity index is -0.0000000807. The fourth-order valence-electron chi connectivity index (χ4n) is 1.13. The molecule has 1 aromatic rings. The fraction of sp³-hybridized carbons (Fsp3) is 0.400. The number of hydrogen-bond donors (Lipinski definition) is 0. The lowest BCUT2D eigenvalue weighted by atomic mass is 10.2. The summed E-state index contributed by atoms with van der Waals surface area (Å²) in [5, 5.41) is 0. The monoisotopic (exact) mass is 550 g/mol. The first-order chi connectivity index (χ1) is 5.08. The molecular formula is C10H21Br5N+. The van der Waals surface area contributed by atoms with Crippen LogP contribution in [0.3, 0.4) is 0 Å². The van der Waals surface area contributed by atoms with Crippen LogP contribution < -0.4 is 0 Å². The van der Waals surface area contributed by atoms with Crippen molar-refractivity contribution in [1.29, 1.82) is 0 Å². The summed E-state index contributed by atoms with van der Waals surface area (Å²) in [6, 6.07) is 10.6. The van der Waals surface area contributed by atoms with Crippen molar-refractivity contribution < 1.29 is 4.48 Å². The molecule has 6 heteroatoms. The Morgan fingerprint density at radius 2 is 1.12 bits per heavy atom. The van der Waals surface area contributed by atoms with Gasteiger partial charge in [-0.3, -0.25) is 0 Å². The van der Waals surface area contributed by atoms with Crippen LogP contribution in [0.2, 0.25) is 0 Å². The first kappa shape index (κ1) is 30.5. The molecule has 0 aliphatic carbocycles. The van der Waals surface area contributed by atoms with Crippen LogP contribution in [0.15, 0.2) is 30.3 Å². The first-order valence-electron chi connectivity index (χ1n) is 3.92. The first-order valence-corrected chi connectivity index (χ1v) is 3.92. The highest BCUT2D eigenvalue weighted by atomic mass is 79.9. The Morgan fingerprint density at radius 3 is 1.44 bits per heavy atom. The van der Waals surface area contributed by atoms with Crippen LogP contribution in [-0.4, -0.2) is 25.6 Å². The standard InChI is InChI=1S/C10H16N.5BrH/c1-11(2,3)9-10-7-5-4-6-8-10;;;;;/h4-8H,9H2,1-3H3;5*1H/q+1;;;;;. The maximum absolute atomic E-state index is 2.20. The summed E-state index contributed by atoms with van der Waals surface area (Å²) in [6.45, 7) is 1.10. The zero-order chi connectivity index (χ0) is 8.32. The number of nitrogens with zero attached hydrogens (tertiary/aromatic N) is 1. The van der Waals surface area contributed by atoms with E-state index in [4.69, 9.17) is 0 Å². The topological polar surface area (TPSA) is 0 Å². The van der Waals surface area contributed by atoms with Gasteiger partial charge in [0.15, 0.2) is 0 Å². The van der Waals surface area contributed by atoms with Crippen LogP contribution in [0.4, 0.5) is 0 Å². The van der Waals surface area contributed by atoms with Crippen molar-refractivity contribution in [3.05, 3.63) is 35.9 Å². The molecule has 0 aromatic heterocycles. The summed E-state index contributed by atoms with van der Waals surface area (Å²) in [5.41, 5.74) is 1.40. The fourth-order valence-corrected chi connectivity index (χ4v) is 1.13. The van der Waals surface area contributed by atoms with Crippen LogP contribution in [0, 0.1) is 0 Å². The molecule has 100 valence electrons. The van der Waals surface area contributed by atoms with E-state index < -0.39 is 0 Å². The second-order valence-corrected chi connectivity index (χ2v) is 3.93. The minimum atomic E-state index is 0. The molecule has 0 unspecified atom stereocenters. The SMILES string of the molecule is Br.Br.Br.Br.Br.C[N+](C)(C)Cc1ccccc1. The molecule has 1 aromatic carbocycles. The molecule has 0 heterocycles. The summed E-state index contributed by atoms with van der Waals surface area (Å²) in [5.74, 6) is 0.